The largest absolute Gasteiger partial charge is 0.274 e. The average Bonchev–Trinajstić information content (AvgIpc) is 2.49. The van der Waals surface area contributed by atoms with Gasteiger partial charge in [-0.15, -0.1) is 10.2 Å². The van der Waals surface area contributed by atoms with Crippen LogP contribution < -0.4 is 0 Å². The van der Waals surface area contributed by atoms with E-state index >= 15 is 0 Å². The molecule has 0 unspecified atom stereocenters. The van der Waals surface area contributed by atoms with Crippen molar-refractivity contribution in [2.75, 3.05) is 0 Å². The number of nitrogens with zero attached hydrogens (tertiary/aromatic N) is 3. The van der Waals surface area contributed by atoms with E-state index in [1.807, 2.05) is 13.8 Å². The third-order valence-corrected chi connectivity index (χ3v) is 2.31. The third-order valence-electron chi connectivity index (χ3n) is 2.31. The van der Waals surface area contributed by atoms with Gasteiger partial charge in [0.15, 0.2) is 0 Å². The minimum atomic E-state index is 0.148. The van der Waals surface area contributed by atoms with Crippen molar-refractivity contribution in [3.63, 3.8) is 0 Å². The standard InChI is InChI=1S/C9H13N3O/c1-6(2)9-11-10-7-4-3-5-8(13)12(7)9/h6H,3-5H2,1-2H3. The topological polar surface area (TPSA) is 47.8 Å². The smallest absolute Gasteiger partial charge is 0.233 e. The quantitative estimate of drug-likeness (QED) is 0.654. The molecule has 4 nitrogen and oxygen atoms in total. The fourth-order valence-corrected chi connectivity index (χ4v) is 1.65. The first kappa shape index (κ1) is 8.41. The van der Waals surface area contributed by atoms with Gasteiger partial charge < -0.3 is 0 Å². The summed E-state index contributed by atoms with van der Waals surface area (Å²) in [5, 5.41) is 8.06. The van der Waals surface area contributed by atoms with Crippen LogP contribution in [0.3, 0.4) is 0 Å². The number of hydrogen-bond donors (Lipinski definition) is 0. The molecule has 0 atom stereocenters. The number of rotatable bonds is 1. The lowest BCUT2D eigenvalue weighted by atomic mass is 10.1. The molecule has 2 heterocycles. The van der Waals surface area contributed by atoms with Crippen LogP contribution in [0, 0.1) is 0 Å². The van der Waals surface area contributed by atoms with E-state index in [0.717, 1.165) is 24.5 Å². The summed E-state index contributed by atoms with van der Waals surface area (Å²) in [5.74, 6) is 2.05. The lowest BCUT2D eigenvalue weighted by Gasteiger charge is -2.14. The van der Waals surface area contributed by atoms with Crippen LogP contribution in [-0.4, -0.2) is 20.7 Å². The van der Waals surface area contributed by atoms with E-state index < -0.39 is 0 Å². The van der Waals surface area contributed by atoms with Gasteiger partial charge in [0, 0.05) is 18.8 Å². The monoisotopic (exact) mass is 179 g/mol. The Hall–Kier alpha value is -1.19. The van der Waals surface area contributed by atoms with E-state index in [4.69, 9.17) is 0 Å². The predicted molar refractivity (Wildman–Crippen MR) is 47.7 cm³/mol. The Bertz CT molecular complexity index is 341. The molecule has 0 amide bonds. The van der Waals surface area contributed by atoms with Crippen molar-refractivity contribution in [1.82, 2.24) is 14.8 Å². The van der Waals surface area contributed by atoms with Gasteiger partial charge in [-0.2, -0.15) is 0 Å². The molecule has 1 aliphatic heterocycles. The fraction of sp³-hybridized carbons (Fsp3) is 0.667. The lowest BCUT2D eigenvalue weighted by molar-refractivity contribution is 0.0877. The van der Waals surface area contributed by atoms with Gasteiger partial charge in [-0.3, -0.25) is 9.36 Å². The van der Waals surface area contributed by atoms with E-state index in [0.29, 0.717) is 6.42 Å². The Morgan fingerprint density at radius 2 is 2.08 bits per heavy atom. The molecule has 1 aromatic rings. The molecule has 4 heteroatoms. The van der Waals surface area contributed by atoms with Crippen LogP contribution in [0.5, 0.6) is 0 Å². The number of carbonyl (C=O) groups is 1. The average molecular weight is 179 g/mol. The summed E-state index contributed by atoms with van der Waals surface area (Å²) in [6, 6.07) is 0. The lowest BCUT2D eigenvalue weighted by Crippen LogP contribution is -2.22. The first-order valence-electron chi connectivity index (χ1n) is 4.67. The molecule has 0 N–H and O–H groups in total. The molecule has 0 aliphatic carbocycles. The van der Waals surface area contributed by atoms with E-state index in [2.05, 4.69) is 10.2 Å². The highest BCUT2D eigenvalue weighted by Gasteiger charge is 2.23. The molecule has 0 saturated heterocycles. The van der Waals surface area contributed by atoms with Crippen molar-refractivity contribution in [3.05, 3.63) is 11.6 Å². The molecular formula is C9H13N3O. The highest BCUT2D eigenvalue weighted by Crippen LogP contribution is 2.19. The van der Waals surface area contributed by atoms with Crippen molar-refractivity contribution in [2.45, 2.75) is 39.0 Å². The minimum absolute atomic E-state index is 0.148. The van der Waals surface area contributed by atoms with Gasteiger partial charge in [0.25, 0.3) is 0 Å². The second-order valence-corrected chi connectivity index (χ2v) is 3.71. The maximum atomic E-state index is 11.6. The van der Waals surface area contributed by atoms with Crippen LogP contribution in [0.1, 0.15) is 49.1 Å². The summed E-state index contributed by atoms with van der Waals surface area (Å²) in [5.41, 5.74) is 0. The summed E-state index contributed by atoms with van der Waals surface area (Å²) in [4.78, 5) is 11.6. The number of carbonyl (C=O) groups excluding carboxylic acids is 1. The molecule has 0 radical (unpaired) electrons. The van der Waals surface area contributed by atoms with E-state index in [-0.39, 0.29) is 11.8 Å². The molecule has 0 fully saturated rings. The second-order valence-electron chi connectivity index (χ2n) is 3.71. The number of aryl methyl sites for hydroxylation is 1. The highest BCUT2D eigenvalue weighted by molar-refractivity contribution is 5.80. The molecule has 0 saturated carbocycles. The summed E-state index contributed by atoms with van der Waals surface area (Å²) in [7, 11) is 0. The molecular weight excluding hydrogens is 166 g/mol. The van der Waals surface area contributed by atoms with E-state index in [9.17, 15) is 4.79 Å². The summed E-state index contributed by atoms with van der Waals surface area (Å²) >= 11 is 0. The van der Waals surface area contributed by atoms with Crippen molar-refractivity contribution < 1.29 is 4.79 Å². The number of hydrogen-bond acceptors (Lipinski definition) is 3. The van der Waals surface area contributed by atoms with Crippen LogP contribution in [0.25, 0.3) is 0 Å². The maximum Gasteiger partial charge on any atom is 0.233 e. The molecule has 0 spiro atoms. The Morgan fingerprint density at radius 1 is 1.31 bits per heavy atom. The molecule has 2 rings (SSSR count). The minimum Gasteiger partial charge on any atom is -0.274 e. The summed E-state index contributed by atoms with van der Waals surface area (Å²) in [6.07, 6.45) is 2.42. The van der Waals surface area contributed by atoms with Crippen LogP contribution in [0.15, 0.2) is 0 Å². The van der Waals surface area contributed by atoms with Gasteiger partial charge in [-0.1, -0.05) is 13.8 Å². The molecule has 1 aliphatic rings. The second kappa shape index (κ2) is 2.94. The first-order valence-corrected chi connectivity index (χ1v) is 4.67. The SMILES string of the molecule is CC(C)c1nnc2n1C(=O)CCC2. The molecule has 0 bridgehead atoms. The van der Waals surface area contributed by atoms with Crippen LogP contribution in [0.4, 0.5) is 0 Å². The number of aromatic nitrogens is 3. The molecule has 1 aromatic heterocycles. The van der Waals surface area contributed by atoms with Gasteiger partial charge in [0.05, 0.1) is 0 Å². The highest BCUT2D eigenvalue weighted by atomic mass is 16.2. The van der Waals surface area contributed by atoms with Crippen LogP contribution in [-0.2, 0) is 6.42 Å². The fourth-order valence-electron chi connectivity index (χ4n) is 1.65. The van der Waals surface area contributed by atoms with E-state index in [1.54, 1.807) is 4.57 Å². The van der Waals surface area contributed by atoms with Gasteiger partial charge >= 0.3 is 0 Å². The van der Waals surface area contributed by atoms with Crippen LogP contribution in [0.2, 0.25) is 0 Å². The summed E-state index contributed by atoms with van der Waals surface area (Å²) < 4.78 is 1.69. The van der Waals surface area contributed by atoms with Gasteiger partial charge in [-0.05, 0) is 6.42 Å². The Kier molecular flexibility index (Phi) is 1.90. The normalized spacial score (nSPS) is 16.4. The van der Waals surface area contributed by atoms with Gasteiger partial charge in [-0.25, -0.2) is 0 Å². The van der Waals surface area contributed by atoms with Gasteiger partial charge in [0.1, 0.15) is 11.6 Å². The predicted octanol–water partition coefficient (Wildman–Crippen LogP) is 1.38. The Labute approximate surface area is 77.0 Å². The molecule has 0 aromatic carbocycles. The van der Waals surface area contributed by atoms with E-state index in [1.165, 1.54) is 0 Å². The van der Waals surface area contributed by atoms with Gasteiger partial charge in [0.2, 0.25) is 5.91 Å². The summed E-state index contributed by atoms with van der Waals surface area (Å²) in [6.45, 7) is 4.05. The third kappa shape index (κ3) is 1.26. The zero-order chi connectivity index (χ0) is 9.42. The van der Waals surface area contributed by atoms with Crippen LogP contribution >= 0.6 is 0 Å². The molecule has 70 valence electrons. The first-order chi connectivity index (χ1) is 6.20. The zero-order valence-corrected chi connectivity index (χ0v) is 7.95. The van der Waals surface area contributed by atoms with Crippen molar-refractivity contribution in [3.8, 4) is 0 Å². The zero-order valence-electron chi connectivity index (χ0n) is 7.95. The molecule has 13 heavy (non-hydrogen) atoms. The van der Waals surface area contributed by atoms with Crippen molar-refractivity contribution >= 4 is 5.91 Å². The Balaban J connectivity index is 2.50. The Morgan fingerprint density at radius 3 is 2.77 bits per heavy atom. The van der Waals surface area contributed by atoms with Crippen molar-refractivity contribution in [1.29, 1.82) is 0 Å². The maximum absolute atomic E-state index is 11.6. The van der Waals surface area contributed by atoms with Crippen molar-refractivity contribution in [2.24, 2.45) is 0 Å². The number of fused-ring (bicyclic) bond motifs is 1.